The van der Waals surface area contributed by atoms with Gasteiger partial charge in [0, 0.05) is 18.4 Å². The summed E-state index contributed by atoms with van der Waals surface area (Å²) < 4.78 is 10.6. The van der Waals surface area contributed by atoms with E-state index < -0.39 is 23.8 Å². The first-order valence-corrected chi connectivity index (χ1v) is 9.86. The Kier molecular flexibility index (Phi) is 8.42. The number of hydrogen-bond donors (Lipinski definition) is 4. The highest BCUT2D eigenvalue weighted by molar-refractivity contribution is 6.02. The molecule has 2 unspecified atom stereocenters. The Labute approximate surface area is 180 Å². The van der Waals surface area contributed by atoms with Crippen LogP contribution in [-0.4, -0.2) is 62.8 Å². The molecule has 0 bridgehead atoms. The second-order valence-electron chi connectivity index (χ2n) is 6.89. The van der Waals surface area contributed by atoms with Crippen molar-refractivity contribution in [2.45, 2.75) is 25.8 Å². The van der Waals surface area contributed by atoms with Crippen molar-refractivity contribution in [1.29, 1.82) is 0 Å². The Balaban J connectivity index is 2.01. The van der Waals surface area contributed by atoms with E-state index in [2.05, 4.69) is 20.9 Å². The van der Waals surface area contributed by atoms with Crippen LogP contribution in [0.3, 0.4) is 0 Å². The van der Waals surface area contributed by atoms with Crippen molar-refractivity contribution >= 4 is 34.9 Å². The lowest BCUT2D eigenvalue weighted by Gasteiger charge is -2.18. The molecular formula is C21H28N4O6. The molecular weight excluding hydrogens is 404 g/mol. The van der Waals surface area contributed by atoms with Crippen LogP contribution >= 0.6 is 0 Å². The highest BCUT2D eigenvalue weighted by Crippen LogP contribution is 2.33. The summed E-state index contributed by atoms with van der Waals surface area (Å²) in [6.07, 6.45) is 1.30. The van der Waals surface area contributed by atoms with E-state index in [9.17, 15) is 19.2 Å². The van der Waals surface area contributed by atoms with Gasteiger partial charge in [-0.1, -0.05) is 6.92 Å². The van der Waals surface area contributed by atoms with Crippen LogP contribution in [0.1, 0.15) is 30.3 Å². The Morgan fingerprint density at radius 2 is 1.84 bits per heavy atom. The number of amides is 3. The van der Waals surface area contributed by atoms with Crippen LogP contribution < -0.4 is 25.4 Å². The summed E-state index contributed by atoms with van der Waals surface area (Å²) in [7, 11) is 4.56. The van der Waals surface area contributed by atoms with Gasteiger partial charge < -0.3 is 35.2 Å². The lowest BCUT2D eigenvalue weighted by atomic mass is 9.97. The summed E-state index contributed by atoms with van der Waals surface area (Å²) >= 11 is 0. The number of carbonyl (C=O) groups is 4. The number of carbonyl (C=O) groups excluding carboxylic acids is 4. The van der Waals surface area contributed by atoms with Crippen molar-refractivity contribution in [1.82, 2.24) is 20.9 Å². The first-order valence-electron chi connectivity index (χ1n) is 9.86. The molecule has 0 spiro atoms. The van der Waals surface area contributed by atoms with E-state index >= 15 is 0 Å². The number of benzene rings is 1. The smallest absolute Gasteiger partial charge is 0.268 e. The van der Waals surface area contributed by atoms with Crippen molar-refractivity contribution in [3.05, 3.63) is 23.9 Å². The zero-order valence-electron chi connectivity index (χ0n) is 18.0. The van der Waals surface area contributed by atoms with Crippen molar-refractivity contribution in [3.8, 4) is 11.5 Å². The molecule has 2 rings (SSSR count). The number of aromatic nitrogens is 1. The van der Waals surface area contributed by atoms with Gasteiger partial charge in [-0.2, -0.15) is 0 Å². The van der Waals surface area contributed by atoms with E-state index in [1.165, 1.54) is 21.3 Å². The van der Waals surface area contributed by atoms with E-state index in [4.69, 9.17) is 9.47 Å². The third kappa shape index (κ3) is 5.74. The van der Waals surface area contributed by atoms with Crippen molar-refractivity contribution in [2.75, 3.05) is 27.8 Å². The van der Waals surface area contributed by atoms with Crippen LogP contribution in [0.25, 0.3) is 10.9 Å². The summed E-state index contributed by atoms with van der Waals surface area (Å²) in [5, 5.41) is 8.24. The van der Waals surface area contributed by atoms with Crippen LogP contribution in [-0.2, 0) is 14.4 Å². The Morgan fingerprint density at radius 1 is 1.16 bits per heavy atom. The maximum Gasteiger partial charge on any atom is 0.268 e. The maximum atomic E-state index is 12.5. The zero-order chi connectivity index (χ0) is 23.0. The van der Waals surface area contributed by atoms with Gasteiger partial charge in [-0.15, -0.1) is 0 Å². The Bertz CT molecular complexity index is 914. The van der Waals surface area contributed by atoms with Crippen LogP contribution in [0, 0.1) is 5.92 Å². The Morgan fingerprint density at radius 3 is 2.42 bits per heavy atom. The Hall–Kier alpha value is -3.56. The van der Waals surface area contributed by atoms with E-state index in [1.807, 2.05) is 6.92 Å². The highest BCUT2D eigenvalue weighted by atomic mass is 16.5. The van der Waals surface area contributed by atoms with Gasteiger partial charge in [0.2, 0.25) is 11.8 Å². The van der Waals surface area contributed by atoms with Gasteiger partial charge in [-0.25, -0.2) is 0 Å². The van der Waals surface area contributed by atoms with E-state index in [0.717, 1.165) is 0 Å². The topological polar surface area (TPSA) is 139 Å². The molecule has 10 nitrogen and oxygen atoms in total. The van der Waals surface area contributed by atoms with E-state index in [0.29, 0.717) is 35.1 Å². The number of methoxy groups -OCH3 is 2. The van der Waals surface area contributed by atoms with Gasteiger partial charge >= 0.3 is 0 Å². The van der Waals surface area contributed by atoms with Crippen molar-refractivity contribution < 1.29 is 28.7 Å². The molecule has 0 aliphatic carbocycles. The lowest BCUT2D eigenvalue weighted by Crippen LogP contribution is -2.44. The maximum absolute atomic E-state index is 12.5. The zero-order valence-corrected chi connectivity index (χ0v) is 18.0. The first kappa shape index (κ1) is 23.7. The molecule has 1 aromatic carbocycles. The van der Waals surface area contributed by atoms with Crippen LogP contribution in [0.2, 0.25) is 0 Å². The third-order valence-corrected chi connectivity index (χ3v) is 4.97. The number of ether oxygens (including phenoxy) is 2. The van der Waals surface area contributed by atoms with Crippen LogP contribution in [0.4, 0.5) is 0 Å². The standard InChI is InChI=1S/C21H28N4O6/c1-5-12(20(28)22-2)8-13(11-26)24-18(27)10-23-21(29)15-9-14-16(30-3)6-7-17(31-4)19(14)25-15/h6-7,9,11-13,25H,5,8,10H2,1-4H3,(H,22,28)(H,23,29)(H,24,27). The molecule has 168 valence electrons. The van der Waals surface area contributed by atoms with Crippen molar-refractivity contribution in [2.24, 2.45) is 5.92 Å². The molecule has 1 heterocycles. The molecule has 10 heteroatoms. The molecule has 31 heavy (non-hydrogen) atoms. The molecule has 4 N–H and O–H groups in total. The van der Waals surface area contributed by atoms with Crippen LogP contribution in [0.15, 0.2) is 18.2 Å². The fourth-order valence-electron chi connectivity index (χ4n) is 3.27. The summed E-state index contributed by atoms with van der Waals surface area (Å²) in [5.41, 5.74) is 0.820. The fraction of sp³-hybridized carbons (Fsp3) is 0.429. The lowest BCUT2D eigenvalue weighted by molar-refractivity contribution is -0.127. The predicted octanol–water partition coefficient (Wildman–Crippen LogP) is 0.761. The largest absolute Gasteiger partial charge is 0.496 e. The number of aromatic amines is 1. The predicted molar refractivity (Wildman–Crippen MR) is 114 cm³/mol. The SMILES string of the molecule is CCC(CC(C=O)NC(=O)CNC(=O)c1cc2c(OC)ccc(OC)c2[nH]1)C(=O)NC. The van der Waals surface area contributed by atoms with Gasteiger partial charge in [0.25, 0.3) is 5.91 Å². The average Bonchev–Trinajstić information content (AvgIpc) is 3.24. The van der Waals surface area contributed by atoms with Gasteiger partial charge in [-0.05, 0) is 31.0 Å². The molecule has 0 aliphatic rings. The second-order valence-corrected chi connectivity index (χ2v) is 6.89. The quantitative estimate of drug-likeness (QED) is 0.387. The van der Waals surface area contributed by atoms with Crippen molar-refractivity contribution in [3.63, 3.8) is 0 Å². The van der Waals surface area contributed by atoms with Crippen LogP contribution in [0.5, 0.6) is 11.5 Å². The van der Waals surface area contributed by atoms with Gasteiger partial charge in [0.05, 0.1) is 32.3 Å². The molecule has 0 fully saturated rings. The first-order chi connectivity index (χ1) is 14.9. The summed E-state index contributed by atoms with van der Waals surface area (Å²) in [6.45, 7) is 1.50. The van der Waals surface area contributed by atoms with Gasteiger partial charge in [-0.3, -0.25) is 14.4 Å². The number of rotatable bonds is 11. The number of H-pyrrole nitrogens is 1. The number of aldehydes is 1. The molecule has 0 saturated heterocycles. The minimum Gasteiger partial charge on any atom is -0.496 e. The van der Waals surface area contributed by atoms with E-state index in [-0.39, 0.29) is 24.6 Å². The fourth-order valence-corrected chi connectivity index (χ4v) is 3.27. The minimum absolute atomic E-state index is 0.182. The molecule has 0 aliphatic heterocycles. The molecule has 2 atom stereocenters. The molecule has 3 amide bonds. The molecule has 1 aromatic heterocycles. The molecule has 0 saturated carbocycles. The number of hydrogen-bond acceptors (Lipinski definition) is 6. The molecule has 0 radical (unpaired) electrons. The summed E-state index contributed by atoms with van der Waals surface area (Å²) in [6, 6.07) is 4.22. The average molecular weight is 432 g/mol. The normalized spacial score (nSPS) is 12.5. The van der Waals surface area contributed by atoms with Gasteiger partial charge in [0.15, 0.2) is 0 Å². The second kappa shape index (κ2) is 11.0. The third-order valence-electron chi connectivity index (χ3n) is 4.97. The van der Waals surface area contributed by atoms with Gasteiger partial charge in [0.1, 0.15) is 23.5 Å². The number of fused-ring (bicyclic) bond motifs is 1. The van der Waals surface area contributed by atoms with E-state index in [1.54, 1.807) is 18.2 Å². The highest BCUT2D eigenvalue weighted by Gasteiger charge is 2.22. The monoisotopic (exact) mass is 432 g/mol. The summed E-state index contributed by atoms with van der Waals surface area (Å²) in [4.78, 5) is 50.8. The summed E-state index contributed by atoms with van der Waals surface area (Å²) in [5.74, 6) is -0.520. The minimum atomic E-state index is -0.826. The molecule has 2 aromatic rings. The number of nitrogens with one attached hydrogen (secondary N) is 4.